The smallest absolute Gasteiger partial charge is 0.300 e. The molecule has 0 bridgehead atoms. The summed E-state index contributed by atoms with van der Waals surface area (Å²) in [5.41, 5.74) is 0. The zero-order valence-electron chi connectivity index (χ0n) is 6.83. The van der Waals surface area contributed by atoms with Gasteiger partial charge in [-0.15, -0.1) is 0 Å². The van der Waals surface area contributed by atoms with Crippen LogP contribution in [0.3, 0.4) is 0 Å². The molecule has 0 amide bonds. The number of hydrogen-bond donors (Lipinski definition) is 3. The van der Waals surface area contributed by atoms with Crippen molar-refractivity contribution in [3.63, 3.8) is 0 Å². The molecule has 0 heterocycles. The molecule has 0 radical (unpaired) electrons. The van der Waals surface area contributed by atoms with E-state index < -0.39 is 5.97 Å². The Morgan fingerprint density at radius 1 is 1.30 bits per heavy atom. The van der Waals surface area contributed by atoms with Gasteiger partial charge in [0.05, 0.1) is 0 Å². The highest BCUT2D eigenvalue weighted by Crippen LogP contribution is 1.65. The summed E-state index contributed by atoms with van der Waals surface area (Å²) >= 11 is 0. The summed E-state index contributed by atoms with van der Waals surface area (Å²) in [7, 11) is 1.00. The second kappa shape index (κ2) is 15.8. The molecule has 0 atom stereocenters. The van der Waals surface area contributed by atoms with Crippen LogP contribution in [0, 0.1) is 0 Å². The normalized spacial score (nSPS) is 6.70. The Labute approximate surface area is 61.1 Å². The van der Waals surface area contributed by atoms with Gasteiger partial charge in [0.1, 0.15) is 0 Å². The quantitative estimate of drug-likeness (QED) is 0.459. The molecular formula is C6H16O4. The van der Waals surface area contributed by atoms with Crippen LogP contribution in [0.4, 0.5) is 0 Å². The van der Waals surface area contributed by atoms with Gasteiger partial charge in [-0.1, -0.05) is 0 Å². The maximum absolute atomic E-state index is 9.00. The molecule has 0 unspecified atom stereocenters. The lowest BCUT2D eigenvalue weighted by Gasteiger charge is -1.80. The van der Waals surface area contributed by atoms with Gasteiger partial charge in [0.2, 0.25) is 0 Å². The minimum atomic E-state index is -0.833. The first-order valence-electron chi connectivity index (χ1n) is 2.79. The minimum Gasteiger partial charge on any atom is -0.481 e. The molecule has 0 saturated carbocycles. The summed E-state index contributed by atoms with van der Waals surface area (Å²) in [5, 5.41) is 22.5. The molecule has 3 N–H and O–H groups in total. The Morgan fingerprint density at radius 2 is 1.30 bits per heavy atom. The molecule has 0 aromatic heterocycles. The predicted molar refractivity (Wildman–Crippen MR) is 38.8 cm³/mol. The molecule has 0 aromatic carbocycles. The molecule has 0 aliphatic heterocycles. The predicted octanol–water partition coefficient (Wildman–Crippen LogP) is 0.0865. The lowest BCUT2D eigenvalue weighted by molar-refractivity contribution is -0.134. The molecule has 4 heteroatoms. The Balaban J connectivity index is -0.0000000787. The monoisotopic (exact) mass is 152 g/mol. The molecule has 0 rings (SSSR count). The van der Waals surface area contributed by atoms with Crippen molar-refractivity contribution < 1.29 is 20.1 Å². The minimum absolute atomic E-state index is 0.167. The summed E-state index contributed by atoms with van der Waals surface area (Å²) in [5.74, 6) is -0.833. The Hall–Kier alpha value is -0.610. The molecule has 0 saturated heterocycles. The van der Waals surface area contributed by atoms with Crippen molar-refractivity contribution in [2.45, 2.75) is 26.9 Å². The first-order valence-corrected chi connectivity index (χ1v) is 2.79. The van der Waals surface area contributed by atoms with E-state index in [4.69, 9.17) is 20.1 Å². The van der Waals surface area contributed by atoms with E-state index >= 15 is 0 Å². The van der Waals surface area contributed by atoms with E-state index in [1.807, 2.05) is 0 Å². The second-order valence-electron chi connectivity index (χ2n) is 1.61. The standard InChI is InChI=1S/C3H8O.C2H4O2.CH4O/c1-3(2)4;1-2(3)4;1-2/h3-4H,1-2H3;1H3,(H,3,4);2H,1H3. The van der Waals surface area contributed by atoms with Crippen LogP contribution < -0.4 is 0 Å². The molecule has 64 valence electrons. The summed E-state index contributed by atoms with van der Waals surface area (Å²) < 4.78 is 0. The summed E-state index contributed by atoms with van der Waals surface area (Å²) in [6, 6.07) is 0. The van der Waals surface area contributed by atoms with Gasteiger partial charge in [0.25, 0.3) is 5.97 Å². The van der Waals surface area contributed by atoms with Gasteiger partial charge in [-0.05, 0) is 13.8 Å². The van der Waals surface area contributed by atoms with Gasteiger partial charge < -0.3 is 15.3 Å². The summed E-state index contributed by atoms with van der Waals surface area (Å²) in [6.07, 6.45) is -0.167. The van der Waals surface area contributed by atoms with Crippen LogP contribution in [0.25, 0.3) is 0 Å². The third-order valence-corrected chi connectivity index (χ3v) is 0. The third-order valence-electron chi connectivity index (χ3n) is 0. The maximum Gasteiger partial charge on any atom is 0.300 e. The molecule has 0 spiro atoms. The van der Waals surface area contributed by atoms with Crippen molar-refractivity contribution >= 4 is 5.97 Å². The second-order valence-corrected chi connectivity index (χ2v) is 1.61. The third kappa shape index (κ3) is 811. The molecule has 0 aliphatic rings. The van der Waals surface area contributed by atoms with Crippen molar-refractivity contribution in [1.82, 2.24) is 0 Å². The van der Waals surface area contributed by atoms with Crippen molar-refractivity contribution in [2.24, 2.45) is 0 Å². The average Bonchev–Trinajstić information content (AvgIpc) is 1.66. The highest BCUT2D eigenvalue weighted by Gasteiger charge is 1.69. The fourth-order valence-corrected chi connectivity index (χ4v) is 0. The fourth-order valence-electron chi connectivity index (χ4n) is 0. The highest BCUT2D eigenvalue weighted by molar-refractivity contribution is 5.62. The lowest BCUT2D eigenvalue weighted by Crippen LogP contribution is -1.85. The Morgan fingerprint density at radius 3 is 1.30 bits per heavy atom. The Kier molecular flexibility index (Phi) is 25.5. The van der Waals surface area contributed by atoms with Crippen molar-refractivity contribution in [2.75, 3.05) is 7.11 Å². The van der Waals surface area contributed by atoms with Crippen LogP contribution in [-0.2, 0) is 4.79 Å². The number of aliphatic hydroxyl groups is 2. The average molecular weight is 152 g/mol. The number of rotatable bonds is 0. The van der Waals surface area contributed by atoms with E-state index in [0.29, 0.717) is 0 Å². The van der Waals surface area contributed by atoms with E-state index in [2.05, 4.69) is 0 Å². The summed E-state index contributed by atoms with van der Waals surface area (Å²) in [6.45, 7) is 4.53. The van der Waals surface area contributed by atoms with E-state index in [0.717, 1.165) is 14.0 Å². The van der Waals surface area contributed by atoms with Crippen LogP contribution in [0.2, 0.25) is 0 Å². The van der Waals surface area contributed by atoms with Crippen LogP contribution in [0.15, 0.2) is 0 Å². The van der Waals surface area contributed by atoms with Gasteiger partial charge in [0, 0.05) is 20.1 Å². The molecule has 0 fully saturated rings. The van der Waals surface area contributed by atoms with E-state index in [-0.39, 0.29) is 6.10 Å². The first kappa shape index (κ1) is 16.2. The number of hydrogen-bond acceptors (Lipinski definition) is 3. The van der Waals surface area contributed by atoms with Crippen LogP contribution in [0.5, 0.6) is 0 Å². The number of carbonyl (C=O) groups is 1. The largest absolute Gasteiger partial charge is 0.481 e. The number of aliphatic carboxylic acids is 1. The van der Waals surface area contributed by atoms with E-state index in [1.165, 1.54) is 0 Å². The van der Waals surface area contributed by atoms with E-state index in [1.54, 1.807) is 13.8 Å². The van der Waals surface area contributed by atoms with Crippen molar-refractivity contribution in [3.8, 4) is 0 Å². The zero-order valence-corrected chi connectivity index (χ0v) is 6.83. The summed E-state index contributed by atoms with van der Waals surface area (Å²) in [4.78, 5) is 9.00. The first-order chi connectivity index (χ1) is 4.46. The molecule has 10 heavy (non-hydrogen) atoms. The van der Waals surface area contributed by atoms with Gasteiger partial charge in [-0.3, -0.25) is 4.79 Å². The Bertz CT molecular complexity index is 54.0. The van der Waals surface area contributed by atoms with Gasteiger partial charge in [0.15, 0.2) is 0 Å². The van der Waals surface area contributed by atoms with Crippen LogP contribution >= 0.6 is 0 Å². The maximum atomic E-state index is 9.00. The van der Waals surface area contributed by atoms with E-state index in [9.17, 15) is 0 Å². The number of aliphatic hydroxyl groups excluding tert-OH is 2. The van der Waals surface area contributed by atoms with Crippen LogP contribution in [0.1, 0.15) is 20.8 Å². The topological polar surface area (TPSA) is 77.8 Å². The molecule has 4 nitrogen and oxygen atoms in total. The molecule has 0 aliphatic carbocycles. The van der Waals surface area contributed by atoms with Gasteiger partial charge in [-0.2, -0.15) is 0 Å². The van der Waals surface area contributed by atoms with Crippen molar-refractivity contribution in [1.29, 1.82) is 0 Å². The fraction of sp³-hybridized carbons (Fsp3) is 0.833. The molecule has 0 aromatic rings. The zero-order chi connectivity index (χ0) is 9.15. The SMILES string of the molecule is CC(=O)O.CC(C)O.CO. The van der Waals surface area contributed by atoms with Gasteiger partial charge in [-0.25, -0.2) is 0 Å². The van der Waals surface area contributed by atoms with Gasteiger partial charge >= 0.3 is 0 Å². The van der Waals surface area contributed by atoms with Crippen molar-refractivity contribution in [3.05, 3.63) is 0 Å². The van der Waals surface area contributed by atoms with Crippen LogP contribution in [-0.4, -0.2) is 34.5 Å². The highest BCUT2D eigenvalue weighted by atomic mass is 16.4. The lowest BCUT2D eigenvalue weighted by atomic mass is 10.5. The number of carboxylic acids is 1. The molecular weight excluding hydrogens is 136 g/mol. The number of carboxylic acid groups (broad SMARTS) is 1.